The fourth-order valence-electron chi connectivity index (χ4n) is 2.05. The van der Waals surface area contributed by atoms with Crippen molar-refractivity contribution in [3.63, 3.8) is 0 Å². The van der Waals surface area contributed by atoms with Gasteiger partial charge in [-0.3, -0.25) is 14.4 Å². The number of hydrogen-bond donors (Lipinski definition) is 4. The van der Waals surface area contributed by atoms with E-state index in [0.29, 0.717) is 5.52 Å². The van der Waals surface area contributed by atoms with Crippen molar-refractivity contribution < 1.29 is 24.9 Å². The normalized spacial score (nSPS) is 12.2. The van der Waals surface area contributed by atoms with Crippen molar-refractivity contribution in [2.75, 3.05) is 0 Å². The lowest BCUT2D eigenvalue weighted by Crippen LogP contribution is -2.24. The summed E-state index contributed by atoms with van der Waals surface area (Å²) in [4.78, 5) is 36.2. The molecule has 1 aromatic heterocycles. The van der Waals surface area contributed by atoms with Crippen molar-refractivity contribution in [1.82, 2.24) is 4.98 Å². The van der Waals surface area contributed by atoms with Gasteiger partial charge >= 0.3 is 11.9 Å². The van der Waals surface area contributed by atoms with Crippen LogP contribution < -0.4 is 5.56 Å². The van der Waals surface area contributed by atoms with Gasteiger partial charge in [-0.1, -0.05) is 12.1 Å². The predicted molar refractivity (Wildman–Crippen MR) is 68.9 cm³/mol. The maximum atomic E-state index is 11.9. The van der Waals surface area contributed by atoms with E-state index in [0.717, 1.165) is 0 Å². The van der Waals surface area contributed by atoms with Gasteiger partial charge in [0, 0.05) is 5.39 Å². The van der Waals surface area contributed by atoms with Crippen molar-refractivity contribution in [2.45, 2.75) is 12.3 Å². The van der Waals surface area contributed by atoms with Crippen LogP contribution in [0.15, 0.2) is 29.1 Å². The van der Waals surface area contributed by atoms with Crippen molar-refractivity contribution >= 4 is 22.8 Å². The Labute approximate surface area is 112 Å². The van der Waals surface area contributed by atoms with Crippen LogP contribution in [0.2, 0.25) is 0 Å². The van der Waals surface area contributed by atoms with Crippen LogP contribution >= 0.6 is 0 Å². The molecule has 1 atom stereocenters. The number of carboxylic acid groups (broad SMARTS) is 2. The molecule has 0 saturated heterocycles. The molecule has 20 heavy (non-hydrogen) atoms. The van der Waals surface area contributed by atoms with E-state index in [1.807, 2.05) is 0 Å². The summed E-state index contributed by atoms with van der Waals surface area (Å²) in [5.74, 6) is -4.97. The van der Waals surface area contributed by atoms with Gasteiger partial charge in [0.25, 0.3) is 5.56 Å². The quantitative estimate of drug-likeness (QED) is 0.656. The molecule has 2 aromatic rings. The minimum absolute atomic E-state index is 0.263. The minimum atomic E-state index is -1.61. The third-order valence-electron chi connectivity index (χ3n) is 2.96. The molecule has 0 aliphatic carbocycles. The van der Waals surface area contributed by atoms with Gasteiger partial charge in [-0.15, -0.1) is 0 Å². The number of carboxylic acids is 2. The monoisotopic (exact) mass is 277 g/mol. The molecule has 0 fully saturated rings. The summed E-state index contributed by atoms with van der Waals surface area (Å²) in [6, 6.07) is 6.30. The molecule has 0 amide bonds. The maximum Gasteiger partial charge on any atom is 0.311 e. The Morgan fingerprint density at radius 1 is 1.20 bits per heavy atom. The van der Waals surface area contributed by atoms with Crippen LogP contribution in [0.25, 0.3) is 10.9 Å². The van der Waals surface area contributed by atoms with E-state index in [2.05, 4.69) is 4.98 Å². The molecule has 0 aliphatic rings. The second kappa shape index (κ2) is 5.04. The van der Waals surface area contributed by atoms with E-state index in [1.165, 1.54) is 6.07 Å². The fourth-order valence-corrected chi connectivity index (χ4v) is 2.05. The Balaban J connectivity index is 2.72. The highest BCUT2D eigenvalue weighted by molar-refractivity contribution is 5.90. The molecule has 0 radical (unpaired) electrons. The molecule has 1 aromatic carbocycles. The Bertz CT molecular complexity index is 748. The Kier molecular flexibility index (Phi) is 3.43. The summed E-state index contributed by atoms with van der Waals surface area (Å²) in [5, 5.41) is 28.2. The number of aromatic hydroxyl groups is 1. The first-order valence-electron chi connectivity index (χ1n) is 5.70. The number of benzene rings is 1. The molecule has 1 unspecified atom stereocenters. The van der Waals surface area contributed by atoms with Gasteiger partial charge in [-0.05, 0) is 12.1 Å². The average Bonchev–Trinajstić information content (AvgIpc) is 2.37. The number of aliphatic carboxylic acids is 2. The summed E-state index contributed by atoms with van der Waals surface area (Å²) in [5.41, 5.74) is -0.910. The molecule has 7 heteroatoms. The van der Waals surface area contributed by atoms with Crippen molar-refractivity contribution in [2.24, 2.45) is 0 Å². The van der Waals surface area contributed by atoms with E-state index in [4.69, 9.17) is 10.2 Å². The van der Waals surface area contributed by atoms with Crippen LogP contribution in [-0.2, 0) is 9.59 Å². The first-order valence-corrected chi connectivity index (χ1v) is 5.70. The highest BCUT2D eigenvalue weighted by atomic mass is 16.4. The molecule has 0 spiro atoms. The fraction of sp³-hybridized carbons (Fsp3) is 0.154. The van der Waals surface area contributed by atoms with Crippen LogP contribution in [0.5, 0.6) is 5.75 Å². The molecule has 7 nitrogen and oxygen atoms in total. The third-order valence-corrected chi connectivity index (χ3v) is 2.96. The number of nitrogens with one attached hydrogen (secondary N) is 1. The summed E-state index contributed by atoms with van der Waals surface area (Å²) in [6.07, 6.45) is -0.787. The SMILES string of the molecule is O=C(O)CC(C(=O)O)c1c(O)c2ccccc2[nH]c1=O. The molecular weight excluding hydrogens is 266 g/mol. The van der Waals surface area contributed by atoms with E-state index >= 15 is 0 Å². The maximum absolute atomic E-state index is 11.9. The number of H-pyrrole nitrogens is 1. The summed E-state index contributed by atoms with van der Waals surface area (Å²) < 4.78 is 0. The van der Waals surface area contributed by atoms with E-state index in [1.54, 1.807) is 18.2 Å². The van der Waals surface area contributed by atoms with Crippen molar-refractivity contribution in [3.8, 4) is 5.75 Å². The Morgan fingerprint density at radius 3 is 2.45 bits per heavy atom. The summed E-state index contributed by atoms with van der Waals surface area (Å²) >= 11 is 0. The van der Waals surface area contributed by atoms with E-state index < -0.39 is 41.1 Å². The molecule has 2 rings (SSSR count). The lowest BCUT2D eigenvalue weighted by molar-refractivity contribution is -0.145. The van der Waals surface area contributed by atoms with Crippen LogP contribution in [0, 0.1) is 0 Å². The third kappa shape index (κ3) is 2.33. The number of carbonyl (C=O) groups is 2. The first-order chi connectivity index (χ1) is 9.41. The van der Waals surface area contributed by atoms with E-state index in [9.17, 15) is 19.5 Å². The zero-order valence-corrected chi connectivity index (χ0v) is 10.2. The second-order valence-corrected chi connectivity index (χ2v) is 4.25. The van der Waals surface area contributed by atoms with E-state index in [-0.39, 0.29) is 5.39 Å². The molecule has 4 N–H and O–H groups in total. The van der Waals surface area contributed by atoms with Crippen LogP contribution in [-0.4, -0.2) is 32.2 Å². The molecule has 0 aliphatic heterocycles. The summed E-state index contributed by atoms with van der Waals surface area (Å²) in [6.45, 7) is 0. The average molecular weight is 277 g/mol. The lowest BCUT2D eigenvalue weighted by Gasteiger charge is -2.12. The number of hydrogen-bond acceptors (Lipinski definition) is 4. The Hall–Kier alpha value is -2.83. The number of aromatic amines is 1. The minimum Gasteiger partial charge on any atom is -0.507 e. The number of rotatable bonds is 4. The zero-order valence-electron chi connectivity index (χ0n) is 10.2. The molecule has 104 valence electrons. The van der Waals surface area contributed by atoms with Gasteiger partial charge in [-0.25, -0.2) is 0 Å². The highest BCUT2D eigenvalue weighted by Gasteiger charge is 2.29. The van der Waals surface area contributed by atoms with Crippen LogP contribution in [0.1, 0.15) is 17.9 Å². The predicted octanol–water partition coefficient (Wildman–Crippen LogP) is 0.877. The number of aromatic nitrogens is 1. The molecular formula is C13H11NO6. The first kappa shape index (κ1) is 13.6. The van der Waals surface area contributed by atoms with Gasteiger partial charge in [0.2, 0.25) is 0 Å². The van der Waals surface area contributed by atoms with Crippen molar-refractivity contribution in [1.29, 1.82) is 0 Å². The number of fused-ring (bicyclic) bond motifs is 1. The van der Waals surface area contributed by atoms with Gasteiger partial charge in [0.1, 0.15) is 11.7 Å². The Morgan fingerprint density at radius 2 is 1.85 bits per heavy atom. The number of pyridine rings is 1. The van der Waals surface area contributed by atoms with Gasteiger partial charge < -0.3 is 20.3 Å². The van der Waals surface area contributed by atoms with Crippen LogP contribution in [0.4, 0.5) is 0 Å². The van der Waals surface area contributed by atoms with Crippen LogP contribution in [0.3, 0.4) is 0 Å². The van der Waals surface area contributed by atoms with Gasteiger partial charge in [0.05, 0.1) is 17.5 Å². The molecule has 0 saturated carbocycles. The summed E-state index contributed by atoms with van der Waals surface area (Å²) in [7, 11) is 0. The highest BCUT2D eigenvalue weighted by Crippen LogP contribution is 2.31. The second-order valence-electron chi connectivity index (χ2n) is 4.25. The van der Waals surface area contributed by atoms with Gasteiger partial charge in [0.15, 0.2) is 0 Å². The zero-order chi connectivity index (χ0) is 14.9. The van der Waals surface area contributed by atoms with Gasteiger partial charge in [-0.2, -0.15) is 0 Å². The molecule has 0 bridgehead atoms. The topological polar surface area (TPSA) is 128 Å². The lowest BCUT2D eigenvalue weighted by atomic mass is 9.94. The largest absolute Gasteiger partial charge is 0.507 e. The standard InChI is InChI=1S/C13H11NO6/c15-9(16)5-7(13(19)20)10-11(17)6-3-1-2-4-8(6)14-12(10)18/h1-4,7H,5H2,(H,15,16)(H,19,20)(H2,14,17,18). The van der Waals surface area contributed by atoms with Crippen molar-refractivity contribution in [3.05, 3.63) is 40.2 Å². The smallest absolute Gasteiger partial charge is 0.311 e. The number of para-hydroxylation sites is 1. The molecule has 1 heterocycles.